The number of rotatable bonds is 8. The maximum Gasteiger partial charge on any atom is 0.293 e. The second kappa shape index (κ2) is 11.4. The summed E-state index contributed by atoms with van der Waals surface area (Å²) in [6, 6.07) is 21.4. The van der Waals surface area contributed by atoms with Crippen LogP contribution in [-0.2, 0) is 11.4 Å². The topological polar surface area (TPSA) is 96.7 Å². The van der Waals surface area contributed by atoms with E-state index in [0.717, 1.165) is 25.8 Å². The fourth-order valence-corrected chi connectivity index (χ4v) is 5.13. The molecule has 3 aromatic carbocycles. The van der Waals surface area contributed by atoms with Gasteiger partial charge in [-0.25, -0.2) is 0 Å². The van der Waals surface area contributed by atoms with E-state index in [1.807, 2.05) is 12.1 Å². The van der Waals surface area contributed by atoms with E-state index in [9.17, 15) is 19.6 Å². The number of benzene rings is 3. The lowest BCUT2D eigenvalue weighted by Gasteiger charge is -2.14. The average molecular weight is 610 g/mol. The van der Waals surface area contributed by atoms with E-state index >= 15 is 0 Å². The SMILES string of the molecule is COc1cc(/C=C2/SC(=O)N(CC(=O)c3ccccc3)C2=O)cc(I)c1OCc1ccccc1C#N. The maximum atomic E-state index is 12.9. The molecule has 3 aromatic rings. The number of ether oxygens (including phenoxy) is 2. The third-order valence-corrected chi connectivity index (χ3v) is 7.04. The van der Waals surface area contributed by atoms with Crippen LogP contribution in [0.25, 0.3) is 6.08 Å². The number of hydrogen-bond donors (Lipinski definition) is 0. The van der Waals surface area contributed by atoms with Gasteiger partial charge >= 0.3 is 0 Å². The summed E-state index contributed by atoms with van der Waals surface area (Å²) in [5.41, 5.74) is 2.36. The highest BCUT2D eigenvalue weighted by atomic mass is 127. The van der Waals surface area contributed by atoms with E-state index in [0.29, 0.717) is 28.2 Å². The Morgan fingerprint density at radius 2 is 1.83 bits per heavy atom. The van der Waals surface area contributed by atoms with Gasteiger partial charge in [0.2, 0.25) is 0 Å². The molecular formula is C27H19IN2O5S. The molecule has 0 radical (unpaired) electrons. The van der Waals surface area contributed by atoms with Crippen molar-refractivity contribution in [2.45, 2.75) is 6.61 Å². The van der Waals surface area contributed by atoms with Crippen LogP contribution in [0.5, 0.6) is 11.5 Å². The summed E-state index contributed by atoms with van der Waals surface area (Å²) in [5.74, 6) is 0.122. The second-order valence-electron chi connectivity index (χ2n) is 7.65. The van der Waals surface area contributed by atoms with Crippen molar-refractivity contribution < 1.29 is 23.9 Å². The summed E-state index contributed by atoms with van der Waals surface area (Å²) < 4.78 is 12.2. The Morgan fingerprint density at radius 1 is 1.11 bits per heavy atom. The molecule has 1 aliphatic rings. The van der Waals surface area contributed by atoms with Gasteiger partial charge in [-0.1, -0.05) is 48.5 Å². The largest absolute Gasteiger partial charge is 0.493 e. The van der Waals surface area contributed by atoms with Crippen LogP contribution < -0.4 is 9.47 Å². The Bertz CT molecular complexity index is 1420. The lowest BCUT2D eigenvalue weighted by Crippen LogP contribution is -2.33. The zero-order valence-electron chi connectivity index (χ0n) is 19.1. The molecule has 0 saturated carbocycles. The molecule has 36 heavy (non-hydrogen) atoms. The monoisotopic (exact) mass is 610 g/mol. The van der Waals surface area contributed by atoms with Crippen LogP contribution in [-0.4, -0.2) is 35.5 Å². The Morgan fingerprint density at radius 3 is 2.56 bits per heavy atom. The molecule has 0 aliphatic carbocycles. The minimum Gasteiger partial charge on any atom is -0.493 e. The summed E-state index contributed by atoms with van der Waals surface area (Å²) in [7, 11) is 1.51. The highest BCUT2D eigenvalue weighted by molar-refractivity contribution is 14.1. The molecule has 0 N–H and O–H groups in total. The van der Waals surface area contributed by atoms with Crippen molar-refractivity contribution in [1.82, 2.24) is 4.90 Å². The first kappa shape index (κ1) is 25.5. The van der Waals surface area contributed by atoms with Crippen molar-refractivity contribution in [3.8, 4) is 17.6 Å². The van der Waals surface area contributed by atoms with E-state index < -0.39 is 11.1 Å². The molecule has 180 valence electrons. The van der Waals surface area contributed by atoms with Crippen molar-refractivity contribution in [3.05, 3.63) is 97.5 Å². The number of methoxy groups -OCH3 is 1. The number of nitrogens with zero attached hydrogens (tertiary/aromatic N) is 2. The van der Waals surface area contributed by atoms with Gasteiger partial charge in [0.15, 0.2) is 17.3 Å². The number of hydrogen-bond acceptors (Lipinski definition) is 7. The predicted molar refractivity (Wildman–Crippen MR) is 145 cm³/mol. The van der Waals surface area contributed by atoms with E-state index in [1.165, 1.54) is 7.11 Å². The van der Waals surface area contributed by atoms with Gasteiger partial charge in [0.1, 0.15) is 6.61 Å². The van der Waals surface area contributed by atoms with Gasteiger partial charge in [-0.2, -0.15) is 5.26 Å². The van der Waals surface area contributed by atoms with Crippen molar-refractivity contribution in [3.63, 3.8) is 0 Å². The molecule has 9 heteroatoms. The molecule has 2 amide bonds. The first-order chi connectivity index (χ1) is 17.4. The summed E-state index contributed by atoms with van der Waals surface area (Å²) in [4.78, 5) is 39.0. The van der Waals surface area contributed by atoms with Gasteiger partial charge in [-0.15, -0.1) is 0 Å². The van der Waals surface area contributed by atoms with Gasteiger partial charge in [0.25, 0.3) is 11.1 Å². The fourth-order valence-electron chi connectivity index (χ4n) is 3.51. The molecule has 4 rings (SSSR count). The van der Waals surface area contributed by atoms with Crippen LogP contribution >= 0.6 is 34.4 Å². The van der Waals surface area contributed by atoms with Crippen molar-refractivity contribution in [2.24, 2.45) is 0 Å². The number of carbonyl (C=O) groups is 3. The van der Waals surface area contributed by atoms with Crippen LogP contribution in [0, 0.1) is 14.9 Å². The number of thioether (sulfide) groups is 1. The van der Waals surface area contributed by atoms with Crippen LogP contribution in [0.4, 0.5) is 4.79 Å². The first-order valence-electron chi connectivity index (χ1n) is 10.7. The third kappa shape index (κ3) is 5.61. The zero-order chi connectivity index (χ0) is 25.7. The number of halogens is 1. The molecular weight excluding hydrogens is 591 g/mol. The van der Waals surface area contributed by atoms with E-state index in [1.54, 1.807) is 60.7 Å². The van der Waals surface area contributed by atoms with Crippen LogP contribution in [0.3, 0.4) is 0 Å². The van der Waals surface area contributed by atoms with Gasteiger partial charge in [0, 0.05) is 11.1 Å². The van der Waals surface area contributed by atoms with Crippen molar-refractivity contribution >= 4 is 57.4 Å². The van der Waals surface area contributed by atoms with E-state index in [4.69, 9.17) is 9.47 Å². The molecule has 0 bridgehead atoms. The number of nitriles is 1. The maximum absolute atomic E-state index is 12.9. The number of carbonyl (C=O) groups excluding carboxylic acids is 3. The molecule has 0 atom stereocenters. The minimum absolute atomic E-state index is 0.184. The summed E-state index contributed by atoms with van der Waals surface area (Å²) in [6.45, 7) is -0.131. The van der Waals surface area contributed by atoms with Crippen molar-refractivity contribution in [1.29, 1.82) is 5.26 Å². The molecule has 0 unspecified atom stereocenters. The second-order valence-corrected chi connectivity index (χ2v) is 9.80. The molecule has 0 spiro atoms. The van der Waals surface area contributed by atoms with Gasteiger partial charge in [-0.05, 0) is 64.2 Å². The molecule has 7 nitrogen and oxygen atoms in total. The smallest absolute Gasteiger partial charge is 0.293 e. The Balaban J connectivity index is 1.53. The first-order valence-corrected chi connectivity index (χ1v) is 12.6. The van der Waals surface area contributed by atoms with Crippen molar-refractivity contribution in [2.75, 3.05) is 13.7 Å². The molecule has 1 heterocycles. The van der Waals surface area contributed by atoms with Gasteiger partial charge in [-0.3, -0.25) is 19.3 Å². The van der Waals surface area contributed by atoms with E-state index in [-0.39, 0.29) is 23.8 Å². The normalized spacial score (nSPS) is 14.1. The molecule has 1 fully saturated rings. The predicted octanol–water partition coefficient (Wildman–Crippen LogP) is 5.67. The number of imide groups is 1. The summed E-state index contributed by atoms with van der Waals surface area (Å²) in [6.07, 6.45) is 1.59. The standard InChI is InChI=1S/C27H19IN2O5S/c1-34-23-12-17(11-21(28)25(23)35-16-20-10-6-5-9-19(20)14-29)13-24-26(32)30(27(33)36-24)15-22(31)18-7-3-2-4-8-18/h2-13H,15-16H2,1H3/b24-13+. The average Bonchev–Trinajstić information content (AvgIpc) is 3.15. The Hall–Kier alpha value is -3.62. The summed E-state index contributed by atoms with van der Waals surface area (Å²) >= 11 is 2.90. The molecule has 0 aromatic heterocycles. The quantitative estimate of drug-likeness (QED) is 0.184. The third-order valence-electron chi connectivity index (χ3n) is 5.33. The lowest BCUT2D eigenvalue weighted by molar-refractivity contribution is -0.122. The highest BCUT2D eigenvalue weighted by Crippen LogP contribution is 2.37. The Kier molecular flexibility index (Phi) is 8.07. The lowest BCUT2D eigenvalue weighted by atomic mass is 10.1. The molecule has 1 saturated heterocycles. The van der Waals surface area contributed by atoms with Gasteiger partial charge in [0.05, 0.1) is 33.8 Å². The number of amides is 2. The van der Waals surface area contributed by atoms with E-state index in [2.05, 4.69) is 28.7 Å². The zero-order valence-corrected chi connectivity index (χ0v) is 22.0. The molecule has 1 aliphatic heterocycles. The van der Waals surface area contributed by atoms with Crippen LogP contribution in [0.2, 0.25) is 0 Å². The highest BCUT2D eigenvalue weighted by Gasteiger charge is 2.36. The van der Waals surface area contributed by atoms with Crippen LogP contribution in [0.1, 0.15) is 27.0 Å². The number of ketones is 1. The van der Waals surface area contributed by atoms with Gasteiger partial charge < -0.3 is 9.47 Å². The fraction of sp³-hybridized carbons (Fsp3) is 0.111. The van der Waals surface area contributed by atoms with Crippen LogP contribution in [0.15, 0.2) is 71.6 Å². The summed E-state index contributed by atoms with van der Waals surface area (Å²) in [5, 5.41) is 8.80. The number of Topliss-reactive ketones (excluding diaryl/α,β-unsaturated/α-hetero) is 1. The Labute approximate surface area is 225 Å². The minimum atomic E-state index is -0.517.